The molecule has 1 aliphatic heterocycles. The number of halogens is 5. The van der Waals surface area contributed by atoms with Gasteiger partial charge in [-0.3, -0.25) is 4.79 Å². The molecule has 1 amide bonds. The summed E-state index contributed by atoms with van der Waals surface area (Å²) in [6.07, 6.45) is -5.12. The van der Waals surface area contributed by atoms with Crippen LogP contribution in [-0.4, -0.2) is 46.3 Å². The fraction of sp³-hybridized carbons (Fsp3) is 0.278. The number of sulfonamides is 2. The van der Waals surface area contributed by atoms with Crippen LogP contribution in [-0.2, 0) is 26.0 Å². The van der Waals surface area contributed by atoms with Crippen molar-refractivity contribution < 1.29 is 43.6 Å². The molecule has 0 unspecified atom stereocenters. The van der Waals surface area contributed by atoms with Crippen LogP contribution in [0, 0.1) is 0 Å². The number of nitrogens with one attached hydrogen (secondary N) is 1. The Balaban J connectivity index is 1.76. The molecule has 0 radical (unpaired) electrons. The third-order valence-electron chi connectivity index (χ3n) is 4.68. The van der Waals surface area contributed by atoms with E-state index in [1.165, 1.54) is 4.31 Å². The van der Waals surface area contributed by atoms with Crippen LogP contribution in [0.15, 0.2) is 58.3 Å². The van der Waals surface area contributed by atoms with E-state index in [0.29, 0.717) is 43.8 Å². The zero-order valence-corrected chi connectivity index (χ0v) is 17.6. The number of carbonyl (C=O) groups excluding carboxylic acids is 1. The predicted octanol–water partition coefficient (Wildman–Crippen LogP) is 2.85. The number of nitrogens with zero attached hydrogens (tertiary/aromatic N) is 1. The molecule has 2 aromatic rings. The van der Waals surface area contributed by atoms with Crippen LogP contribution in [0.25, 0.3) is 0 Å². The number of alkyl halides is 5. The molecule has 3 rings (SSSR count). The fourth-order valence-electron chi connectivity index (χ4n) is 2.70. The molecule has 32 heavy (non-hydrogen) atoms. The van der Waals surface area contributed by atoms with Gasteiger partial charge in [0.05, 0.1) is 9.79 Å². The molecule has 174 valence electrons. The lowest BCUT2D eigenvalue weighted by atomic mass is 10.1. The number of rotatable bonds is 6. The maximum absolute atomic E-state index is 13.3. The van der Waals surface area contributed by atoms with E-state index in [4.69, 9.17) is 0 Å². The molecule has 0 aliphatic carbocycles. The summed E-state index contributed by atoms with van der Waals surface area (Å²) in [5, 5.41) is 0. The standard InChI is InChI=1S/C18H15F5N2O5S2/c19-17(20,18(21,22)23)13-4-2-12(3-5-13)16(26)24-31(27,28)14-6-8-15(9-7-14)32(29,30)25-10-1-11-25/h2-9H,1,10-11H2,(H,24,26). The second-order valence-electron chi connectivity index (χ2n) is 6.81. The highest BCUT2D eigenvalue weighted by Gasteiger charge is 2.58. The highest BCUT2D eigenvalue weighted by atomic mass is 32.2. The van der Waals surface area contributed by atoms with Gasteiger partial charge in [-0.05, 0) is 42.8 Å². The number of amides is 1. The summed E-state index contributed by atoms with van der Waals surface area (Å²) in [4.78, 5) is 11.6. The van der Waals surface area contributed by atoms with Gasteiger partial charge in [-0.25, -0.2) is 21.6 Å². The van der Waals surface area contributed by atoms with Gasteiger partial charge in [0.2, 0.25) is 10.0 Å². The zero-order valence-electron chi connectivity index (χ0n) is 15.9. The van der Waals surface area contributed by atoms with Crippen molar-refractivity contribution in [1.29, 1.82) is 0 Å². The summed E-state index contributed by atoms with van der Waals surface area (Å²) in [6.45, 7) is 0.707. The van der Waals surface area contributed by atoms with Gasteiger partial charge in [-0.15, -0.1) is 0 Å². The molecular formula is C18H15F5N2O5S2. The molecule has 0 spiro atoms. The molecule has 1 heterocycles. The van der Waals surface area contributed by atoms with E-state index in [1.807, 2.05) is 0 Å². The third-order valence-corrected chi connectivity index (χ3v) is 7.94. The third kappa shape index (κ3) is 4.47. The molecule has 0 saturated carbocycles. The van der Waals surface area contributed by atoms with Crippen LogP contribution in [0.5, 0.6) is 0 Å². The average molecular weight is 498 g/mol. The van der Waals surface area contributed by atoms with Crippen LogP contribution >= 0.6 is 0 Å². The van der Waals surface area contributed by atoms with Crippen molar-refractivity contribution >= 4 is 26.0 Å². The number of hydrogen-bond donors (Lipinski definition) is 1. The van der Waals surface area contributed by atoms with Crippen molar-refractivity contribution in [3.05, 3.63) is 59.7 Å². The molecule has 14 heteroatoms. The van der Waals surface area contributed by atoms with E-state index in [9.17, 15) is 43.6 Å². The van der Waals surface area contributed by atoms with Gasteiger partial charge in [0, 0.05) is 24.2 Å². The normalized spacial score (nSPS) is 15.8. The Bertz CT molecular complexity index is 1220. The predicted molar refractivity (Wildman–Crippen MR) is 101 cm³/mol. The van der Waals surface area contributed by atoms with Gasteiger partial charge in [0.1, 0.15) is 0 Å². The first kappa shape index (κ1) is 24.1. The van der Waals surface area contributed by atoms with Crippen LogP contribution in [0.3, 0.4) is 0 Å². The summed E-state index contributed by atoms with van der Waals surface area (Å²) in [6, 6.07) is 6.03. The van der Waals surface area contributed by atoms with Gasteiger partial charge < -0.3 is 0 Å². The van der Waals surface area contributed by atoms with E-state index >= 15 is 0 Å². The lowest BCUT2D eigenvalue weighted by molar-refractivity contribution is -0.289. The zero-order chi connectivity index (χ0) is 23.9. The molecule has 1 fully saturated rings. The second-order valence-corrected chi connectivity index (χ2v) is 10.4. The average Bonchev–Trinajstić information content (AvgIpc) is 2.65. The Morgan fingerprint density at radius 1 is 0.812 bits per heavy atom. The maximum atomic E-state index is 13.3. The molecular weight excluding hydrogens is 483 g/mol. The Morgan fingerprint density at radius 3 is 1.75 bits per heavy atom. The summed E-state index contributed by atoms with van der Waals surface area (Å²) >= 11 is 0. The monoisotopic (exact) mass is 498 g/mol. The molecule has 0 aromatic heterocycles. The smallest absolute Gasteiger partial charge is 0.268 e. The minimum absolute atomic E-state index is 0.136. The highest BCUT2D eigenvalue weighted by Crippen LogP contribution is 2.43. The maximum Gasteiger partial charge on any atom is 0.458 e. The SMILES string of the molecule is O=C(NS(=O)(=O)c1ccc(S(=O)(=O)N2CCC2)cc1)c1ccc(C(F)(F)C(F)(F)F)cc1. The van der Waals surface area contributed by atoms with Crippen molar-refractivity contribution in [1.82, 2.24) is 9.03 Å². The van der Waals surface area contributed by atoms with Crippen molar-refractivity contribution in [2.75, 3.05) is 13.1 Å². The highest BCUT2D eigenvalue weighted by molar-refractivity contribution is 7.90. The molecule has 0 bridgehead atoms. The molecule has 2 aromatic carbocycles. The quantitative estimate of drug-likeness (QED) is 0.618. The molecule has 1 saturated heterocycles. The largest absolute Gasteiger partial charge is 0.458 e. The van der Waals surface area contributed by atoms with Gasteiger partial charge in [-0.1, -0.05) is 12.1 Å². The molecule has 0 atom stereocenters. The van der Waals surface area contributed by atoms with Crippen molar-refractivity contribution in [3.8, 4) is 0 Å². The summed E-state index contributed by atoms with van der Waals surface area (Å²) in [5.74, 6) is -6.42. The lowest BCUT2D eigenvalue weighted by Crippen LogP contribution is -2.41. The molecule has 1 N–H and O–H groups in total. The molecule has 7 nitrogen and oxygen atoms in total. The number of carbonyl (C=O) groups is 1. The van der Waals surface area contributed by atoms with Gasteiger partial charge in [0.25, 0.3) is 15.9 Å². The van der Waals surface area contributed by atoms with E-state index in [2.05, 4.69) is 0 Å². The van der Waals surface area contributed by atoms with E-state index in [-0.39, 0.29) is 4.90 Å². The second kappa shape index (κ2) is 8.08. The van der Waals surface area contributed by atoms with Crippen LogP contribution < -0.4 is 4.72 Å². The van der Waals surface area contributed by atoms with Gasteiger partial charge in [0.15, 0.2) is 0 Å². The summed E-state index contributed by atoms with van der Waals surface area (Å²) < 4.78 is 116. The summed E-state index contributed by atoms with van der Waals surface area (Å²) in [5.41, 5.74) is -1.89. The van der Waals surface area contributed by atoms with Crippen LogP contribution in [0.1, 0.15) is 22.3 Å². The van der Waals surface area contributed by atoms with Crippen LogP contribution in [0.4, 0.5) is 22.0 Å². The van der Waals surface area contributed by atoms with E-state index in [0.717, 1.165) is 24.3 Å². The first-order valence-electron chi connectivity index (χ1n) is 8.89. The fourth-order valence-corrected chi connectivity index (χ4v) is 5.19. The van der Waals surface area contributed by atoms with Crippen LogP contribution in [0.2, 0.25) is 0 Å². The van der Waals surface area contributed by atoms with Crippen molar-refractivity contribution in [3.63, 3.8) is 0 Å². The Kier molecular flexibility index (Phi) is 6.08. The van der Waals surface area contributed by atoms with Gasteiger partial charge >= 0.3 is 12.1 Å². The van der Waals surface area contributed by atoms with E-state index in [1.54, 1.807) is 4.72 Å². The Labute approximate surface area is 179 Å². The van der Waals surface area contributed by atoms with Crippen molar-refractivity contribution in [2.24, 2.45) is 0 Å². The van der Waals surface area contributed by atoms with E-state index < -0.39 is 54.1 Å². The van der Waals surface area contributed by atoms with Crippen molar-refractivity contribution in [2.45, 2.75) is 28.3 Å². The minimum atomic E-state index is -5.84. The number of hydrogen-bond acceptors (Lipinski definition) is 5. The first-order chi connectivity index (χ1) is 14.7. The molecule has 1 aliphatic rings. The minimum Gasteiger partial charge on any atom is -0.268 e. The van der Waals surface area contributed by atoms with Gasteiger partial charge in [-0.2, -0.15) is 26.3 Å². The summed E-state index contributed by atoms with van der Waals surface area (Å²) in [7, 11) is -8.23. The Morgan fingerprint density at radius 2 is 1.31 bits per heavy atom. The topological polar surface area (TPSA) is 101 Å². The Hall–Kier alpha value is -2.58. The lowest BCUT2D eigenvalue weighted by Gasteiger charge is -2.29. The first-order valence-corrected chi connectivity index (χ1v) is 11.8. The number of benzene rings is 2.